The van der Waals surface area contributed by atoms with Crippen molar-refractivity contribution in [3.63, 3.8) is 0 Å². The highest BCUT2D eigenvalue weighted by atomic mass is 79.9. The highest BCUT2D eigenvalue weighted by Crippen LogP contribution is 2.23. The Morgan fingerprint density at radius 1 is 1.24 bits per heavy atom. The lowest BCUT2D eigenvalue weighted by Gasteiger charge is -2.18. The summed E-state index contributed by atoms with van der Waals surface area (Å²) in [6, 6.07) is 8.25. The molecule has 0 fully saturated rings. The number of rotatable bonds is 7. The molecule has 1 aromatic carbocycles. The van der Waals surface area contributed by atoms with E-state index in [9.17, 15) is 0 Å². The molecule has 2 heteroatoms. The molecular weight excluding hydrogens is 296 g/mol. The van der Waals surface area contributed by atoms with Gasteiger partial charge >= 0.3 is 0 Å². The topological polar surface area (TPSA) is 0 Å². The van der Waals surface area contributed by atoms with E-state index in [1.807, 2.05) is 12.1 Å². The van der Waals surface area contributed by atoms with Gasteiger partial charge in [0.05, 0.1) is 0 Å². The van der Waals surface area contributed by atoms with Crippen LogP contribution in [0.3, 0.4) is 0 Å². The molecule has 0 heterocycles. The third-order valence-electron chi connectivity index (χ3n) is 3.17. The van der Waals surface area contributed by atoms with E-state index < -0.39 is 0 Å². The summed E-state index contributed by atoms with van der Waals surface area (Å²) in [5.41, 5.74) is 1.39. The van der Waals surface area contributed by atoms with Gasteiger partial charge in [-0.05, 0) is 42.4 Å². The molecule has 0 aliphatic carbocycles. The zero-order valence-electron chi connectivity index (χ0n) is 10.8. The van der Waals surface area contributed by atoms with Gasteiger partial charge in [0.1, 0.15) is 0 Å². The summed E-state index contributed by atoms with van der Waals surface area (Å²) in [5.74, 6) is 1.56. The number of halogens is 2. The molecule has 0 saturated carbocycles. The van der Waals surface area contributed by atoms with Crippen LogP contribution < -0.4 is 0 Å². The Balaban J connectivity index is 2.48. The highest BCUT2D eigenvalue weighted by molar-refractivity contribution is 9.09. The molecule has 1 aromatic rings. The first-order chi connectivity index (χ1) is 8.15. The summed E-state index contributed by atoms with van der Waals surface area (Å²) >= 11 is 9.54. The summed E-state index contributed by atoms with van der Waals surface area (Å²) in [7, 11) is 0. The van der Waals surface area contributed by atoms with Crippen LogP contribution in [0, 0.1) is 11.8 Å². The van der Waals surface area contributed by atoms with Gasteiger partial charge in [0.15, 0.2) is 0 Å². The summed E-state index contributed by atoms with van der Waals surface area (Å²) in [4.78, 5) is 0. The number of benzene rings is 1. The molecule has 0 bridgehead atoms. The second-order valence-corrected chi connectivity index (χ2v) is 6.06. The minimum Gasteiger partial charge on any atom is -0.0925 e. The summed E-state index contributed by atoms with van der Waals surface area (Å²) in [6.45, 7) is 4.62. The molecule has 0 nitrogen and oxygen atoms in total. The Hall–Kier alpha value is -0.0100. The molecule has 0 aromatic heterocycles. The van der Waals surface area contributed by atoms with Crippen molar-refractivity contribution in [3.05, 3.63) is 34.9 Å². The fourth-order valence-corrected chi connectivity index (χ4v) is 2.95. The number of hydrogen-bond donors (Lipinski definition) is 0. The Morgan fingerprint density at radius 2 is 1.88 bits per heavy atom. The average molecular weight is 318 g/mol. The minimum absolute atomic E-state index is 0.734. The van der Waals surface area contributed by atoms with Crippen molar-refractivity contribution in [3.8, 4) is 0 Å². The van der Waals surface area contributed by atoms with Gasteiger partial charge in [-0.1, -0.05) is 66.4 Å². The average Bonchev–Trinajstić information content (AvgIpc) is 2.31. The van der Waals surface area contributed by atoms with E-state index in [-0.39, 0.29) is 0 Å². The van der Waals surface area contributed by atoms with Crippen LogP contribution in [-0.2, 0) is 6.42 Å². The molecule has 2 unspecified atom stereocenters. The van der Waals surface area contributed by atoms with E-state index in [0.29, 0.717) is 0 Å². The van der Waals surface area contributed by atoms with Gasteiger partial charge in [-0.25, -0.2) is 0 Å². The number of alkyl halides is 1. The lowest BCUT2D eigenvalue weighted by atomic mass is 9.89. The molecule has 0 spiro atoms. The maximum absolute atomic E-state index is 5.90. The number of hydrogen-bond acceptors (Lipinski definition) is 0. The molecule has 1 rings (SSSR count). The quantitative estimate of drug-likeness (QED) is 0.564. The molecule has 96 valence electrons. The molecule has 2 atom stereocenters. The second kappa shape index (κ2) is 8.16. The predicted octanol–water partition coefficient (Wildman–Crippen LogP) is 5.72. The Bertz CT molecular complexity index is 307. The maximum Gasteiger partial charge on any atom is 0.0406 e. The maximum atomic E-state index is 5.90. The lowest BCUT2D eigenvalue weighted by molar-refractivity contribution is 0.396. The molecule has 17 heavy (non-hydrogen) atoms. The smallest absolute Gasteiger partial charge is 0.0406 e. The normalized spacial score (nSPS) is 14.6. The van der Waals surface area contributed by atoms with Crippen LogP contribution in [0.4, 0.5) is 0 Å². The van der Waals surface area contributed by atoms with Crippen molar-refractivity contribution < 1.29 is 0 Å². The fraction of sp³-hybridized carbons (Fsp3) is 0.600. The van der Waals surface area contributed by atoms with Crippen molar-refractivity contribution >= 4 is 27.5 Å². The Morgan fingerprint density at radius 3 is 2.41 bits per heavy atom. The highest BCUT2D eigenvalue weighted by Gasteiger charge is 2.12. The monoisotopic (exact) mass is 316 g/mol. The van der Waals surface area contributed by atoms with E-state index in [2.05, 4.69) is 41.9 Å². The van der Waals surface area contributed by atoms with E-state index in [4.69, 9.17) is 11.6 Å². The van der Waals surface area contributed by atoms with Crippen LogP contribution in [0.5, 0.6) is 0 Å². The van der Waals surface area contributed by atoms with E-state index in [1.165, 1.54) is 24.8 Å². The van der Waals surface area contributed by atoms with Crippen molar-refractivity contribution in [1.29, 1.82) is 0 Å². The molecular formula is C15H22BrCl. The molecule has 0 radical (unpaired) electrons. The van der Waals surface area contributed by atoms with Gasteiger partial charge in [0, 0.05) is 10.4 Å². The summed E-state index contributed by atoms with van der Waals surface area (Å²) in [6.07, 6.45) is 5.08. The molecule has 0 N–H and O–H groups in total. The first kappa shape index (κ1) is 15.0. The first-order valence-corrected chi connectivity index (χ1v) is 7.96. The standard InChI is InChI=1S/C15H22BrCl/c1-3-4-12(2)9-14(11-16)10-13-5-7-15(17)8-6-13/h5-8,12,14H,3-4,9-11H2,1-2H3. The van der Waals surface area contributed by atoms with Crippen LogP contribution in [0.15, 0.2) is 24.3 Å². The zero-order chi connectivity index (χ0) is 12.7. The van der Waals surface area contributed by atoms with Gasteiger partial charge in [0.25, 0.3) is 0 Å². The summed E-state index contributed by atoms with van der Waals surface area (Å²) < 4.78 is 0. The largest absolute Gasteiger partial charge is 0.0925 e. The lowest BCUT2D eigenvalue weighted by Crippen LogP contribution is -2.11. The Kier molecular flexibility index (Phi) is 7.22. The van der Waals surface area contributed by atoms with Crippen LogP contribution in [-0.4, -0.2) is 5.33 Å². The van der Waals surface area contributed by atoms with E-state index in [0.717, 1.165) is 28.6 Å². The van der Waals surface area contributed by atoms with Crippen LogP contribution in [0.1, 0.15) is 38.7 Å². The van der Waals surface area contributed by atoms with Gasteiger partial charge in [-0.15, -0.1) is 0 Å². The van der Waals surface area contributed by atoms with Crippen LogP contribution in [0.25, 0.3) is 0 Å². The first-order valence-electron chi connectivity index (χ1n) is 6.46. The van der Waals surface area contributed by atoms with E-state index >= 15 is 0 Å². The second-order valence-electron chi connectivity index (χ2n) is 4.98. The van der Waals surface area contributed by atoms with Crippen molar-refractivity contribution in [2.75, 3.05) is 5.33 Å². The third kappa shape index (κ3) is 5.92. The van der Waals surface area contributed by atoms with Crippen molar-refractivity contribution in [1.82, 2.24) is 0 Å². The molecule has 0 aliphatic heterocycles. The van der Waals surface area contributed by atoms with E-state index in [1.54, 1.807) is 0 Å². The van der Waals surface area contributed by atoms with Crippen molar-refractivity contribution in [2.24, 2.45) is 11.8 Å². The van der Waals surface area contributed by atoms with Gasteiger partial charge in [0.2, 0.25) is 0 Å². The predicted molar refractivity (Wildman–Crippen MR) is 81.1 cm³/mol. The van der Waals surface area contributed by atoms with Crippen LogP contribution in [0.2, 0.25) is 5.02 Å². The van der Waals surface area contributed by atoms with Gasteiger partial charge in [-0.3, -0.25) is 0 Å². The summed E-state index contributed by atoms with van der Waals surface area (Å²) in [5, 5.41) is 1.91. The van der Waals surface area contributed by atoms with Gasteiger partial charge in [-0.2, -0.15) is 0 Å². The SMILES string of the molecule is CCCC(C)CC(CBr)Cc1ccc(Cl)cc1. The Labute approximate surface area is 119 Å². The minimum atomic E-state index is 0.734. The molecule has 0 aliphatic rings. The molecule has 0 saturated heterocycles. The van der Waals surface area contributed by atoms with Gasteiger partial charge < -0.3 is 0 Å². The third-order valence-corrected chi connectivity index (χ3v) is 4.34. The molecule has 0 amide bonds. The van der Waals surface area contributed by atoms with Crippen molar-refractivity contribution in [2.45, 2.75) is 39.5 Å². The van der Waals surface area contributed by atoms with Crippen LogP contribution >= 0.6 is 27.5 Å². The zero-order valence-corrected chi connectivity index (χ0v) is 13.1. The fourth-order valence-electron chi connectivity index (χ4n) is 2.33.